The van der Waals surface area contributed by atoms with Gasteiger partial charge in [-0.15, -0.1) is 0 Å². The van der Waals surface area contributed by atoms with Gasteiger partial charge in [0, 0.05) is 25.4 Å². The van der Waals surface area contributed by atoms with Gasteiger partial charge in [-0.1, -0.05) is 19.3 Å². The maximum Gasteiger partial charge on any atom is 0.324 e. The number of imide groups is 1. The number of hydrogen-bond acceptors (Lipinski definition) is 3. The molecule has 0 aromatic rings. The molecule has 20 heavy (non-hydrogen) atoms. The van der Waals surface area contributed by atoms with Crippen LogP contribution in [-0.4, -0.2) is 40.5 Å². The Hall–Kier alpha value is -1.59. The molecule has 0 atom stereocenters. The molecule has 6 nitrogen and oxygen atoms in total. The van der Waals surface area contributed by atoms with Crippen molar-refractivity contribution in [3.8, 4) is 0 Å². The normalized spacial score (nSPS) is 15.7. The fraction of sp³-hybridized carbons (Fsp3) is 0.786. The van der Waals surface area contributed by atoms with Crippen molar-refractivity contribution in [3.63, 3.8) is 0 Å². The molecule has 0 aromatic heterocycles. The monoisotopic (exact) mass is 284 g/mol. The van der Waals surface area contributed by atoms with E-state index in [9.17, 15) is 14.4 Å². The summed E-state index contributed by atoms with van der Waals surface area (Å²) in [5.41, 5.74) is 0. The van der Waals surface area contributed by atoms with Gasteiger partial charge in [-0.2, -0.15) is 0 Å². The Morgan fingerprint density at radius 1 is 1.15 bits per heavy atom. The molecule has 3 amide bonds. The van der Waals surface area contributed by atoms with Gasteiger partial charge in [-0.05, 0) is 26.2 Å². The zero-order valence-corrected chi connectivity index (χ0v) is 12.1. The van der Waals surface area contributed by atoms with Crippen LogP contribution >= 0.6 is 0 Å². The van der Waals surface area contributed by atoms with Gasteiger partial charge in [-0.3, -0.25) is 14.9 Å². The molecule has 1 fully saturated rings. The molecular formula is C14H24N2O4. The Morgan fingerprint density at radius 2 is 1.80 bits per heavy atom. The lowest BCUT2D eigenvalue weighted by Crippen LogP contribution is -2.48. The molecule has 6 heteroatoms. The van der Waals surface area contributed by atoms with Crippen LogP contribution in [0.15, 0.2) is 0 Å². The van der Waals surface area contributed by atoms with E-state index in [1.54, 1.807) is 4.90 Å². The van der Waals surface area contributed by atoms with Gasteiger partial charge in [0.2, 0.25) is 5.91 Å². The first-order chi connectivity index (χ1) is 9.54. The highest BCUT2D eigenvalue weighted by atomic mass is 16.4. The van der Waals surface area contributed by atoms with Crippen molar-refractivity contribution in [2.45, 2.75) is 64.3 Å². The van der Waals surface area contributed by atoms with Gasteiger partial charge in [0.25, 0.3) is 0 Å². The van der Waals surface area contributed by atoms with Crippen molar-refractivity contribution in [1.82, 2.24) is 10.2 Å². The summed E-state index contributed by atoms with van der Waals surface area (Å²) in [6, 6.07) is -0.125. The zero-order valence-electron chi connectivity index (χ0n) is 12.1. The number of nitrogens with zero attached hydrogens (tertiary/aromatic N) is 1. The highest BCUT2D eigenvalue weighted by molar-refractivity contribution is 5.94. The molecule has 0 bridgehead atoms. The number of nitrogens with one attached hydrogen (secondary N) is 1. The van der Waals surface area contributed by atoms with Gasteiger partial charge in [0.1, 0.15) is 0 Å². The van der Waals surface area contributed by atoms with Gasteiger partial charge in [-0.25, -0.2) is 4.79 Å². The molecule has 1 aliphatic rings. The molecule has 0 heterocycles. The van der Waals surface area contributed by atoms with Crippen LogP contribution in [0.1, 0.15) is 58.3 Å². The maximum absolute atomic E-state index is 12.1. The van der Waals surface area contributed by atoms with Crippen molar-refractivity contribution in [2.24, 2.45) is 0 Å². The summed E-state index contributed by atoms with van der Waals surface area (Å²) in [7, 11) is 0. The van der Waals surface area contributed by atoms with Crippen molar-refractivity contribution in [3.05, 3.63) is 0 Å². The van der Waals surface area contributed by atoms with E-state index in [2.05, 4.69) is 5.32 Å². The molecule has 0 saturated heterocycles. The smallest absolute Gasteiger partial charge is 0.324 e. The summed E-state index contributed by atoms with van der Waals surface area (Å²) >= 11 is 0. The van der Waals surface area contributed by atoms with E-state index < -0.39 is 11.9 Å². The van der Waals surface area contributed by atoms with E-state index in [-0.39, 0.29) is 31.3 Å². The summed E-state index contributed by atoms with van der Waals surface area (Å²) in [6.07, 6.45) is 5.72. The Kier molecular flexibility index (Phi) is 7.04. The highest BCUT2D eigenvalue weighted by Gasteiger charge is 2.24. The second-order valence-corrected chi connectivity index (χ2v) is 5.18. The number of rotatable bonds is 6. The predicted molar refractivity (Wildman–Crippen MR) is 74.3 cm³/mol. The summed E-state index contributed by atoms with van der Waals surface area (Å²) in [5.74, 6) is -1.33. The van der Waals surface area contributed by atoms with E-state index in [1.165, 1.54) is 6.42 Å². The van der Waals surface area contributed by atoms with E-state index in [0.29, 0.717) is 6.54 Å². The number of carbonyl (C=O) groups is 3. The quantitative estimate of drug-likeness (QED) is 0.782. The predicted octanol–water partition coefficient (Wildman–Crippen LogP) is 2.13. The summed E-state index contributed by atoms with van der Waals surface area (Å²) in [5, 5.41) is 10.9. The van der Waals surface area contributed by atoms with Crippen LogP contribution in [0.5, 0.6) is 0 Å². The minimum Gasteiger partial charge on any atom is -0.481 e. The standard InChI is InChI=1S/C14H24N2O4/c1-2-16(11-7-4-3-5-8-11)14(20)15-12(17)9-6-10-13(18)19/h11H,2-10H2,1H3,(H,18,19)(H,15,17,20). The Labute approximate surface area is 119 Å². The first-order valence-corrected chi connectivity index (χ1v) is 7.36. The SMILES string of the molecule is CCN(C(=O)NC(=O)CCCC(=O)O)C1CCCCC1. The number of urea groups is 1. The molecule has 0 unspecified atom stereocenters. The minimum absolute atomic E-state index is 0.0538. The van der Waals surface area contributed by atoms with Crippen LogP contribution in [-0.2, 0) is 9.59 Å². The van der Waals surface area contributed by atoms with E-state index in [1.807, 2.05) is 6.92 Å². The number of carbonyl (C=O) groups excluding carboxylic acids is 2. The van der Waals surface area contributed by atoms with Gasteiger partial charge < -0.3 is 10.0 Å². The van der Waals surface area contributed by atoms with Crippen molar-refractivity contribution < 1.29 is 19.5 Å². The van der Waals surface area contributed by atoms with Crippen LogP contribution in [0, 0.1) is 0 Å². The third-order valence-electron chi connectivity index (χ3n) is 3.66. The number of aliphatic carboxylic acids is 1. The average molecular weight is 284 g/mol. The molecule has 1 rings (SSSR count). The van der Waals surface area contributed by atoms with Crippen molar-refractivity contribution in [1.29, 1.82) is 0 Å². The second kappa shape index (κ2) is 8.55. The van der Waals surface area contributed by atoms with E-state index in [0.717, 1.165) is 25.7 Å². The Balaban J connectivity index is 2.38. The molecule has 1 aliphatic carbocycles. The number of carboxylic acids is 1. The average Bonchev–Trinajstić information content (AvgIpc) is 2.40. The fourth-order valence-corrected chi connectivity index (χ4v) is 2.61. The highest BCUT2D eigenvalue weighted by Crippen LogP contribution is 2.22. The van der Waals surface area contributed by atoms with E-state index in [4.69, 9.17) is 5.11 Å². The van der Waals surface area contributed by atoms with Gasteiger partial charge in [0.05, 0.1) is 0 Å². The van der Waals surface area contributed by atoms with Gasteiger partial charge in [0.15, 0.2) is 0 Å². The molecule has 0 spiro atoms. The van der Waals surface area contributed by atoms with Crippen LogP contribution in [0.3, 0.4) is 0 Å². The minimum atomic E-state index is -0.929. The van der Waals surface area contributed by atoms with Crippen LogP contribution in [0.25, 0.3) is 0 Å². The summed E-state index contributed by atoms with van der Waals surface area (Å²) in [4.78, 5) is 35.7. The molecule has 114 valence electrons. The van der Waals surface area contributed by atoms with Crippen LogP contribution in [0.2, 0.25) is 0 Å². The third kappa shape index (κ3) is 5.59. The Bertz CT molecular complexity index is 351. The molecular weight excluding hydrogens is 260 g/mol. The molecule has 0 radical (unpaired) electrons. The van der Waals surface area contributed by atoms with Crippen LogP contribution < -0.4 is 5.32 Å². The zero-order chi connectivity index (χ0) is 15.0. The molecule has 0 aliphatic heterocycles. The third-order valence-corrected chi connectivity index (χ3v) is 3.66. The summed E-state index contributed by atoms with van der Waals surface area (Å²) in [6.45, 7) is 2.49. The second-order valence-electron chi connectivity index (χ2n) is 5.18. The molecule has 2 N–H and O–H groups in total. The molecule has 1 saturated carbocycles. The Morgan fingerprint density at radius 3 is 2.35 bits per heavy atom. The lowest BCUT2D eigenvalue weighted by atomic mass is 9.94. The number of amides is 3. The van der Waals surface area contributed by atoms with Gasteiger partial charge >= 0.3 is 12.0 Å². The lowest BCUT2D eigenvalue weighted by Gasteiger charge is -2.33. The first kappa shape index (κ1) is 16.5. The first-order valence-electron chi connectivity index (χ1n) is 7.36. The summed E-state index contributed by atoms with van der Waals surface area (Å²) < 4.78 is 0. The van der Waals surface area contributed by atoms with Crippen molar-refractivity contribution in [2.75, 3.05) is 6.54 Å². The topological polar surface area (TPSA) is 86.7 Å². The van der Waals surface area contributed by atoms with E-state index >= 15 is 0 Å². The van der Waals surface area contributed by atoms with Crippen LogP contribution in [0.4, 0.5) is 4.79 Å². The maximum atomic E-state index is 12.1. The fourth-order valence-electron chi connectivity index (χ4n) is 2.61. The molecule has 0 aromatic carbocycles. The largest absolute Gasteiger partial charge is 0.481 e. The lowest BCUT2D eigenvalue weighted by molar-refractivity contribution is -0.137. The number of carboxylic acid groups (broad SMARTS) is 1. The van der Waals surface area contributed by atoms with Crippen molar-refractivity contribution >= 4 is 17.9 Å². The number of hydrogen-bond donors (Lipinski definition) is 2.